The van der Waals surface area contributed by atoms with Gasteiger partial charge >= 0.3 is 0 Å². The highest BCUT2D eigenvalue weighted by atomic mass is 32.2. The minimum atomic E-state index is -4.36. The molecule has 0 spiro atoms. The van der Waals surface area contributed by atoms with Crippen LogP contribution in [0, 0.1) is 17.5 Å². The quantitative estimate of drug-likeness (QED) is 0.367. The highest BCUT2D eigenvalue weighted by Crippen LogP contribution is 2.43. The lowest BCUT2D eigenvalue weighted by Gasteiger charge is -2.14. The summed E-state index contributed by atoms with van der Waals surface area (Å²) in [6.07, 6.45) is 1.41. The van der Waals surface area contributed by atoms with Crippen LogP contribution in [0.3, 0.4) is 0 Å². The van der Waals surface area contributed by atoms with E-state index in [-0.39, 0.29) is 11.6 Å². The monoisotopic (exact) mass is 519 g/mol. The standard InChI is InChI=1S/C23H20F3N5O2S2/c1-23(2,3)21-30-19(20(34-21)16-9-10-28-22(27)29-16)17-14(25)7-8-15(18(17)26)31-35(32,33)13-6-4-5-12(24)11-13/h4-11,31H,1-3H3,(H2,27,28,29). The Labute approximate surface area is 204 Å². The van der Waals surface area contributed by atoms with E-state index in [1.165, 1.54) is 29.7 Å². The van der Waals surface area contributed by atoms with Crippen LogP contribution in [0.25, 0.3) is 21.8 Å². The Morgan fingerprint density at radius 1 is 1.03 bits per heavy atom. The first-order valence-electron chi connectivity index (χ1n) is 10.2. The second-order valence-corrected chi connectivity index (χ2v) is 11.3. The number of benzene rings is 2. The van der Waals surface area contributed by atoms with Gasteiger partial charge in [-0.05, 0) is 36.4 Å². The van der Waals surface area contributed by atoms with Gasteiger partial charge in [-0.2, -0.15) is 0 Å². The second kappa shape index (κ2) is 8.93. The molecular weight excluding hydrogens is 499 g/mol. The number of nitrogens with one attached hydrogen (secondary N) is 1. The molecular formula is C23H20F3N5O2S2. The topological polar surface area (TPSA) is 111 Å². The zero-order valence-corrected chi connectivity index (χ0v) is 20.4. The number of sulfonamides is 1. The molecule has 0 aliphatic rings. The highest BCUT2D eigenvalue weighted by molar-refractivity contribution is 7.92. The minimum Gasteiger partial charge on any atom is -0.368 e. The summed E-state index contributed by atoms with van der Waals surface area (Å²) in [5.74, 6) is -2.94. The fourth-order valence-corrected chi connectivity index (χ4v) is 5.36. The Balaban J connectivity index is 1.88. The molecule has 182 valence electrons. The Morgan fingerprint density at radius 3 is 2.43 bits per heavy atom. The maximum atomic E-state index is 15.7. The molecule has 0 bridgehead atoms. The zero-order valence-electron chi connectivity index (χ0n) is 18.8. The van der Waals surface area contributed by atoms with Gasteiger partial charge in [0.25, 0.3) is 10.0 Å². The molecule has 0 aliphatic carbocycles. The number of hydrogen-bond acceptors (Lipinski definition) is 7. The molecule has 0 fully saturated rings. The van der Waals surface area contributed by atoms with Gasteiger partial charge in [-0.15, -0.1) is 11.3 Å². The maximum Gasteiger partial charge on any atom is 0.262 e. The van der Waals surface area contributed by atoms with Gasteiger partial charge in [-0.1, -0.05) is 26.8 Å². The van der Waals surface area contributed by atoms with Crippen LogP contribution < -0.4 is 10.5 Å². The highest BCUT2D eigenvalue weighted by Gasteiger charge is 2.29. The van der Waals surface area contributed by atoms with Gasteiger partial charge < -0.3 is 5.73 Å². The van der Waals surface area contributed by atoms with E-state index in [9.17, 15) is 12.8 Å². The first kappa shape index (κ1) is 24.6. The summed E-state index contributed by atoms with van der Waals surface area (Å²) in [6.45, 7) is 5.68. The van der Waals surface area contributed by atoms with Gasteiger partial charge in [-0.25, -0.2) is 36.5 Å². The summed E-state index contributed by atoms with van der Waals surface area (Å²) in [7, 11) is -4.36. The van der Waals surface area contributed by atoms with E-state index in [0.29, 0.717) is 15.6 Å². The van der Waals surface area contributed by atoms with Crippen molar-refractivity contribution in [2.75, 3.05) is 10.5 Å². The van der Waals surface area contributed by atoms with E-state index >= 15 is 8.78 Å². The molecule has 7 nitrogen and oxygen atoms in total. The normalized spacial score (nSPS) is 12.1. The zero-order chi connectivity index (χ0) is 25.5. The van der Waals surface area contributed by atoms with E-state index in [4.69, 9.17) is 5.73 Å². The number of thiazole rings is 1. The van der Waals surface area contributed by atoms with Crippen LogP contribution in [0.5, 0.6) is 0 Å². The summed E-state index contributed by atoms with van der Waals surface area (Å²) in [5.41, 5.74) is 4.44. The van der Waals surface area contributed by atoms with E-state index in [2.05, 4.69) is 19.7 Å². The number of anilines is 2. The molecule has 4 rings (SSSR count). The SMILES string of the molecule is CC(C)(C)c1nc(-c2c(F)ccc(NS(=O)(=O)c3cccc(F)c3)c2F)c(-c2ccnc(N)n2)s1. The number of nitrogen functional groups attached to an aromatic ring is 1. The maximum absolute atomic E-state index is 15.7. The van der Waals surface area contributed by atoms with Crippen LogP contribution >= 0.6 is 11.3 Å². The van der Waals surface area contributed by atoms with Crippen LogP contribution in [0.1, 0.15) is 25.8 Å². The minimum absolute atomic E-state index is 0.0308. The number of nitrogens with two attached hydrogens (primary N) is 1. The van der Waals surface area contributed by atoms with Crippen LogP contribution in [-0.2, 0) is 15.4 Å². The van der Waals surface area contributed by atoms with Crippen molar-refractivity contribution in [1.82, 2.24) is 15.0 Å². The number of aromatic nitrogens is 3. The summed E-state index contributed by atoms with van der Waals surface area (Å²) in [5, 5.41) is 0.573. The predicted octanol–water partition coefficient (Wildman–Crippen LogP) is 5.36. The third-order valence-electron chi connectivity index (χ3n) is 4.85. The van der Waals surface area contributed by atoms with Crippen LogP contribution in [0.4, 0.5) is 24.8 Å². The van der Waals surface area contributed by atoms with Crippen molar-refractivity contribution in [3.05, 3.63) is 71.1 Å². The molecule has 0 saturated carbocycles. The summed E-state index contributed by atoms with van der Waals surface area (Å²) in [4.78, 5) is 12.4. The Morgan fingerprint density at radius 2 is 1.77 bits per heavy atom. The predicted molar refractivity (Wildman–Crippen MR) is 129 cm³/mol. The largest absolute Gasteiger partial charge is 0.368 e. The molecule has 2 aromatic heterocycles. The molecule has 2 aromatic carbocycles. The second-order valence-electron chi connectivity index (χ2n) is 8.59. The van der Waals surface area contributed by atoms with Gasteiger partial charge in [0.1, 0.15) is 11.6 Å². The van der Waals surface area contributed by atoms with Gasteiger partial charge in [0.15, 0.2) is 5.82 Å². The average molecular weight is 520 g/mol. The van der Waals surface area contributed by atoms with Crippen molar-refractivity contribution in [1.29, 1.82) is 0 Å². The Hall–Kier alpha value is -3.51. The van der Waals surface area contributed by atoms with Crippen molar-refractivity contribution in [2.45, 2.75) is 31.1 Å². The molecule has 4 aromatic rings. The molecule has 0 radical (unpaired) electrons. The molecule has 35 heavy (non-hydrogen) atoms. The first-order chi connectivity index (χ1) is 16.4. The summed E-state index contributed by atoms with van der Waals surface area (Å²) >= 11 is 1.19. The summed E-state index contributed by atoms with van der Waals surface area (Å²) < 4.78 is 71.8. The third-order valence-corrected chi connectivity index (χ3v) is 7.72. The molecule has 0 atom stereocenters. The lowest BCUT2D eigenvalue weighted by atomic mass is 9.98. The van der Waals surface area contributed by atoms with Gasteiger partial charge in [-0.3, -0.25) is 4.72 Å². The number of halogens is 3. The van der Waals surface area contributed by atoms with E-state index < -0.39 is 49.0 Å². The molecule has 0 amide bonds. The van der Waals surface area contributed by atoms with E-state index in [0.717, 1.165) is 30.3 Å². The lowest BCUT2D eigenvalue weighted by molar-refractivity contribution is 0.579. The molecule has 0 saturated heterocycles. The number of hydrogen-bond donors (Lipinski definition) is 2. The fraction of sp³-hybridized carbons (Fsp3) is 0.174. The first-order valence-corrected chi connectivity index (χ1v) is 12.5. The van der Waals surface area contributed by atoms with Crippen molar-refractivity contribution >= 4 is 33.0 Å². The Bertz CT molecular complexity index is 1530. The van der Waals surface area contributed by atoms with Crippen molar-refractivity contribution < 1.29 is 21.6 Å². The number of rotatable bonds is 5. The van der Waals surface area contributed by atoms with Crippen LogP contribution in [0.2, 0.25) is 0 Å². The van der Waals surface area contributed by atoms with Crippen LogP contribution in [-0.4, -0.2) is 23.4 Å². The fourth-order valence-electron chi connectivity index (χ4n) is 3.17. The molecule has 2 heterocycles. The van der Waals surface area contributed by atoms with Crippen molar-refractivity contribution in [2.24, 2.45) is 0 Å². The van der Waals surface area contributed by atoms with E-state index in [1.807, 2.05) is 20.8 Å². The van der Waals surface area contributed by atoms with Crippen LogP contribution in [0.15, 0.2) is 53.6 Å². The lowest BCUT2D eigenvalue weighted by Crippen LogP contribution is -2.15. The Kier molecular flexibility index (Phi) is 6.28. The van der Waals surface area contributed by atoms with Crippen molar-refractivity contribution in [3.63, 3.8) is 0 Å². The molecule has 3 N–H and O–H groups in total. The van der Waals surface area contributed by atoms with Gasteiger partial charge in [0, 0.05) is 11.6 Å². The summed E-state index contributed by atoms with van der Waals surface area (Å²) in [6, 6.07) is 7.64. The number of nitrogens with zero attached hydrogens (tertiary/aromatic N) is 3. The molecule has 12 heteroatoms. The third kappa shape index (κ3) is 4.98. The van der Waals surface area contributed by atoms with Crippen molar-refractivity contribution in [3.8, 4) is 21.8 Å². The van der Waals surface area contributed by atoms with Gasteiger partial charge in [0.05, 0.1) is 37.4 Å². The molecule has 0 aliphatic heterocycles. The van der Waals surface area contributed by atoms with E-state index in [1.54, 1.807) is 0 Å². The van der Waals surface area contributed by atoms with Gasteiger partial charge in [0.2, 0.25) is 5.95 Å². The average Bonchev–Trinajstić information content (AvgIpc) is 3.21. The molecule has 0 unspecified atom stereocenters. The smallest absolute Gasteiger partial charge is 0.262 e.